The number of carbonyl (C=O) groups excluding carboxylic acids is 1. The van der Waals surface area contributed by atoms with Crippen molar-refractivity contribution in [1.82, 2.24) is 15.0 Å². The standard InChI is InChI=1S/C21H29N5O2/c1-2-3-13-21(24-25-21)14-12-19(27)26(17-10-11-17)15-18-22-20(23-28-18)16-8-6-4-5-7-9-16/h1,16-17H,3-15H2. The Morgan fingerprint density at radius 1 is 1.14 bits per heavy atom. The van der Waals surface area contributed by atoms with Crippen LogP contribution in [0.15, 0.2) is 14.8 Å². The topological polar surface area (TPSA) is 84.0 Å². The fraction of sp³-hybridized carbons (Fsp3) is 0.762. The summed E-state index contributed by atoms with van der Waals surface area (Å²) in [7, 11) is 0. The van der Waals surface area contributed by atoms with Gasteiger partial charge in [-0.3, -0.25) is 4.79 Å². The Balaban J connectivity index is 1.32. The van der Waals surface area contributed by atoms with Gasteiger partial charge in [-0.05, 0) is 25.7 Å². The number of hydrogen-bond donors (Lipinski definition) is 0. The van der Waals surface area contributed by atoms with Gasteiger partial charge in [0.25, 0.3) is 0 Å². The number of amides is 1. The lowest BCUT2D eigenvalue weighted by molar-refractivity contribution is -0.133. The van der Waals surface area contributed by atoms with Crippen molar-refractivity contribution < 1.29 is 9.32 Å². The van der Waals surface area contributed by atoms with E-state index in [2.05, 4.69) is 26.3 Å². The van der Waals surface area contributed by atoms with E-state index in [9.17, 15) is 4.79 Å². The van der Waals surface area contributed by atoms with Crippen LogP contribution < -0.4 is 0 Å². The van der Waals surface area contributed by atoms with Crippen molar-refractivity contribution in [2.75, 3.05) is 0 Å². The van der Waals surface area contributed by atoms with Crippen LogP contribution in [0.5, 0.6) is 0 Å². The van der Waals surface area contributed by atoms with Crippen molar-refractivity contribution in [1.29, 1.82) is 0 Å². The van der Waals surface area contributed by atoms with E-state index in [1.807, 2.05) is 4.90 Å². The smallest absolute Gasteiger partial charge is 0.246 e. The molecule has 2 fully saturated rings. The first-order valence-electron chi connectivity index (χ1n) is 10.7. The van der Waals surface area contributed by atoms with Crippen molar-refractivity contribution in [3.63, 3.8) is 0 Å². The SMILES string of the molecule is C#CCCC1(CCC(=O)N(Cc2nc(C3CCCCCC3)no2)C2CC2)N=N1. The van der Waals surface area contributed by atoms with Gasteiger partial charge in [0, 0.05) is 37.6 Å². The van der Waals surface area contributed by atoms with Gasteiger partial charge < -0.3 is 9.42 Å². The van der Waals surface area contributed by atoms with E-state index in [4.69, 9.17) is 10.9 Å². The number of nitrogens with zero attached hydrogens (tertiary/aromatic N) is 5. The van der Waals surface area contributed by atoms with Crippen LogP contribution in [-0.4, -0.2) is 32.7 Å². The van der Waals surface area contributed by atoms with Gasteiger partial charge in [-0.25, -0.2) is 0 Å². The van der Waals surface area contributed by atoms with Gasteiger partial charge in [-0.15, -0.1) is 12.3 Å². The van der Waals surface area contributed by atoms with Crippen molar-refractivity contribution in [3.05, 3.63) is 11.7 Å². The largest absolute Gasteiger partial charge is 0.337 e. The van der Waals surface area contributed by atoms with E-state index in [1.54, 1.807) is 0 Å². The predicted octanol–water partition coefficient (Wildman–Crippen LogP) is 4.35. The van der Waals surface area contributed by atoms with E-state index in [0.29, 0.717) is 43.7 Å². The second-order valence-electron chi connectivity index (χ2n) is 8.37. The lowest BCUT2D eigenvalue weighted by atomic mass is 10.00. The van der Waals surface area contributed by atoms with Crippen molar-refractivity contribution in [3.8, 4) is 12.3 Å². The molecule has 4 rings (SSSR count). The summed E-state index contributed by atoms with van der Waals surface area (Å²) in [4.78, 5) is 19.4. The van der Waals surface area contributed by atoms with Crippen LogP contribution in [0.25, 0.3) is 0 Å². The molecule has 3 aliphatic rings. The average Bonchev–Trinajstić information content (AvgIpc) is 3.62. The van der Waals surface area contributed by atoms with Crippen molar-refractivity contribution in [2.45, 2.75) is 101 Å². The Hall–Kier alpha value is -2.23. The number of aromatic nitrogens is 2. The zero-order valence-corrected chi connectivity index (χ0v) is 16.5. The Labute approximate surface area is 166 Å². The normalized spacial score (nSPS) is 21.1. The Bertz CT molecular complexity index is 747. The minimum atomic E-state index is -0.408. The fourth-order valence-electron chi connectivity index (χ4n) is 4.11. The second-order valence-corrected chi connectivity index (χ2v) is 8.37. The quantitative estimate of drug-likeness (QED) is 0.469. The molecule has 0 atom stereocenters. The van der Waals surface area contributed by atoms with Crippen molar-refractivity contribution in [2.24, 2.45) is 10.2 Å². The maximum atomic E-state index is 12.8. The molecule has 1 amide bonds. The zero-order valence-electron chi connectivity index (χ0n) is 16.5. The molecular weight excluding hydrogens is 354 g/mol. The molecule has 2 aliphatic carbocycles. The highest BCUT2D eigenvalue weighted by molar-refractivity contribution is 5.77. The molecule has 0 unspecified atom stereocenters. The third-order valence-corrected chi connectivity index (χ3v) is 6.11. The van der Waals surface area contributed by atoms with E-state index in [1.165, 1.54) is 25.7 Å². The molecule has 0 aromatic carbocycles. The van der Waals surface area contributed by atoms with E-state index in [0.717, 1.165) is 37.9 Å². The van der Waals surface area contributed by atoms with Crippen LogP contribution in [0, 0.1) is 12.3 Å². The highest BCUT2D eigenvalue weighted by atomic mass is 16.5. The summed E-state index contributed by atoms with van der Waals surface area (Å²) in [6, 6.07) is 0.301. The van der Waals surface area contributed by atoms with Crippen LogP contribution in [0.1, 0.15) is 94.7 Å². The predicted molar refractivity (Wildman–Crippen MR) is 103 cm³/mol. The lowest BCUT2D eigenvalue weighted by Gasteiger charge is -2.21. The van der Waals surface area contributed by atoms with Gasteiger partial charge in [0.2, 0.25) is 11.8 Å². The summed E-state index contributed by atoms with van der Waals surface area (Å²) in [6.07, 6.45) is 17.2. The molecule has 2 heterocycles. The lowest BCUT2D eigenvalue weighted by Crippen LogP contribution is -2.33. The van der Waals surface area contributed by atoms with E-state index >= 15 is 0 Å². The molecule has 0 saturated heterocycles. The van der Waals surface area contributed by atoms with Gasteiger partial charge in [0.1, 0.15) is 6.54 Å². The van der Waals surface area contributed by atoms with Crippen LogP contribution in [-0.2, 0) is 11.3 Å². The van der Waals surface area contributed by atoms with E-state index < -0.39 is 5.66 Å². The molecule has 0 spiro atoms. The minimum Gasteiger partial charge on any atom is -0.337 e. The number of hydrogen-bond acceptors (Lipinski definition) is 6. The van der Waals surface area contributed by atoms with Crippen LogP contribution in [0.4, 0.5) is 0 Å². The highest BCUT2D eigenvalue weighted by Crippen LogP contribution is 2.38. The maximum absolute atomic E-state index is 12.8. The fourth-order valence-corrected chi connectivity index (χ4v) is 4.11. The first-order valence-corrected chi connectivity index (χ1v) is 10.7. The summed E-state index contributed by atoms with van der Waals surface area (Å²) in [6.45, 7) is 0.412. The number of terminal acetylenes is 1. The summed E-state index contributed by atoms with van der Waals surface area (Å²) < 4.78 is 5.51. The summed E-state index contributed by atoms with van der Waals surface area (Å²) >= 11 is 0. The van der Waals surface area contributed by atoms with Gasteiger partial charge in [0.05, 0.1) is 0 Å². The molecule has 150 valence electrons. The Morgan fingerprint density at radius 3 is 2.54 bits per heavy atom. The van der Waals surface area contributed by atoms with Crippen LogP contribution in [0.3, 0.4) is 0 Å². The molecule has 0 bridgehead atoms. The molecule has 7 heteroatoms. The second kappa shape index (κ2) is 8.42. The first kappa shape index (κ1) is 19.1. The minimum absolute atomic E-state index is 0.120. The third kappa shape index (κ3) is 4.78. The first-order chi connectivity index (χ1) is 13.7. The monoisotopic (exact) mass is 383 g/mol. The zero-order chi connectivity index (χ0) is 19.4. The summed E-state index contributed by atoms with van der Waals surface area (Å²) in [5.41, 5.74) is -0.408. The molecule has 1 aliphatic heterocycles. The van der Waals surface area contributed by atoms with Gasteiger partial charge >= 0.3 is 0 Å². The molecule has 2 saturated carbocycles. The number of rotatable bonds is 9. The van der Waals surface area contributed by atoms with Gasteiger partial charge in [-0.1, -0.05) is 30.8 Å². The third-order valence-electron chi connectivity index (χ3n) is 6.11. The Kier molecular flexibility index (Phi) is 5.74. The molecule has 28 heavy (non-hydrogen) atoms. The Morgan fingerprint density at radius 2 is 1.89 bits per heavy atom. The average molecular weight is 383 g/mol. The molecule has 1 aromatic rings. The van der Waals surface area contributed by atoms with Crippen LogP contribution in [0.2, 0.25) is 0 Å². The number of carbonyl (C=O) groups is 1. The summed E-state index contributed by atoms with van der Waals surface area (Å²) in [5.74, 6) is 4.53. The maximum Gasteiger partial charge on any atom is 0.246 e. The molecular formula is C21H29N5O2. The molecule has 1 aromatic heterocycles. The van der Waals surface area contributed by atoms with E-state index in [-0.39, 0.29) is 5.91 Å². The molecule has 7 nitrogen and oxygen atoms in total. The van der Waals surface area contributed by atoms with Crippen LogP contribution >= 0.6 is 0 Å². The molecule has 0 radical (unpaired) electrons. The van der Waals surface area contributed by atoms with Gasteiger partial charge in [0.15, 0.2) is 11.5 Å². The summed E-state index contributed by atoms with van der Waals surface area (Å²) in [5, 5.41) is 12.5. The molecule has 0 N–H and O–H groups in total. The highest BCUT2D eigenvalue weighted by Gasteiger charge is 2.41. The van der Waals surface area contributed by atoms with Crippen molar-refractivity contribution >= 4 is 5.91 Å². The van der Waals surface area contributed by atoms with Gasteiger partial charge in [-0.2, -0.15) is 15.2 Å².